The number of carbonyl (C=O) groups is 3. The predicted molar refractivity (Wildman–Crippen MR) is 108 cm³/mol. The lowest BCUT2D eigenvalue weighted by atomic mass is 9.81. The molecule has 2 saturated heterocycles. The molecular weight excluding hydrogens is 390 g/mol. The second kappa shape index (κ2) is 7.37. The molecule has 2 aliphatic heterocycles. The standard InChI is InChI=1S/C20H23N5O3S/c26-16(12-25-18(27)13-4-1-2-5-14(13)19(25)28)23-8-10-24(11-9-23)20-22-15-6-3-7-21-17(15)29-20/h3,6-7,13-14H,1-2,4-5,8-12H2. The summed E-state index contributed by atoms with van der Waals surface area (Å²) < 4.78 is 0. The van der Waals surface area contributed by atoms with E-state index in [1.807, 2.05) is 12.1 Å². The minimum absolute atomic E-state index is 0.115. The first-order valence-corrected chi connectivity index (χ1v) is 11.0. The van der Waals surface area contributed by atoms with Gasteiger partial charge in [0.1, 0.15) is 16.9 Å². The maximum atomic E-state index is 12.8. The van der Waals surface area contributed by atoms with Crippen LogP contribution >= 0.6 is 11.3 Å². The highest BCUT2D eigenvalue weighted by molar-refractivity contribution is 7.21. The largest absolute Gasteiger partial charge is 0.344 e. The zero-order valence-electron chi connectivity index (χ0n) is 16.1. The lowest BCUT2D eigenvalue weighted by molar-refractivity contribution is -0.146. The van der Waals surface area contributed by atoms with Crippen LogP contribution in [0.1, 0.15) is 25.7 Å². The van der Waals surface area contributed by atoms with Crippen LogP contribution in [-0.4, -0.2) is 70.2 Å². The summed E-state index contributed by atoms with van der Waals surface area (Å²) in [4.78, 5) is 53.0. The van der Waals surface area contributed by atoms with Crippen molar-refractivity contribution in [2.75, 3.05) is 37.6 Å². The Hall–Kier alpha value is -2.55. The molecular formula is C20H23N5O3S. The fraction of sp³-hybridized carbons (Fsp3) is 0.550. The molecule has 0 aromatic carbocycles. The van der Waals surface area contributed by atoms with Crippen molar-refractivity contribution in [2.45, 2.75) is 25.7 Å². The number of rotatable bonds is 3. The first-order valence-electron chi connectivity index (χ1n) is 10.2. The van der Waals surface area contributed by atoms with E-state index in [2.05, 4.69) is 14.9 Å². The molecule has 3 fully saturated rings. The molecule has 152 valence electrons. The second-order valence-electron chi connectivity index (χ2n) is 7.95. The number of anilines is 1. The Bertz CT molecular complexity index is 911. The van der Waals surface area contributed by atoms with Gasteiger partial charge in [-0.3, -0.25) is 19.3 Å². The second-order valence-corrected chi connectivity index (χ2v) is 8.91. The molecule has 0 radical (unpaired) electrons. The van der Waals surface area contributed by atoms with E-state index < -0.39 is 0 Å². The van der Waals surface area contributed by atoms with Gasteiger partial charge in [0.2, 0.25) is 17.7 Å². The summed E-state index contributed by atoms with van der Waals surface area (Å²) in [6.45, 7) is 2.36. The number of nitrogens with zero attached hydrogens (tertiary/aromatic N) is 5. The van der Waals surface area contributed by atoms with E-state index in [0.717, 1.165) is 41.2 Å². The van der Waals surface area contributed by atoms with Gasteiger partial charge in [0.15, 0.2) is 5.13 Å². The number of fused-ring (bicyclic) bond motifs is 2. The van der Waals surface area contributed by atoms with Crippen molar-refractivity contribution >= 4 is 44.5 Å². The van der Waals surface area contributed by atoms with Crippen molar-refractivity contribution < 1.29 is 14.4 Å². The molecule has 8 nitrogen and oxygen atoms in total. The molecule has 9 heteroatoms. The van der Waals surface area contributed by atoms with E-state index in [1.54, 1.807) is 22.4 Å². The first-order chi connectivity index (χ1) is 14.1. The number of likely N-dealkylation sites (tertiary alicyclic amines) is 1. The first kappa shape index (κ1) is 18.5. The van der Waals surface area contributed by atoms with Gasteiger partial charge in [0, 0.05) is 32.4 Å². The van der Waals surface area contributed by atoms with E-state index in [9.17, 15) is 14.4 Å². The molecule has 2 unspecified atom stereocenters. The van der Waals surface area contributed by atoms with Crippen LogP contribution in [0.3, 0.4) is 0 Å². The van der Waals surface area contributed by atoms with Crippen LogP contribution in [0.2, 0.25) is 0 Å². The van der Waals surface area contributed by atoms with Crippen LogP contribution in [0.25, 0.3) is 10.3 Å². The molecule has 2 aromatic rings. The number of hydrogen-bond acceptors (Lipinski definition) is 7. The Morgan fingerprint density at radius 1 is 1.07 bits per heavy atom. The van der Waals surface area contributed by atoms with Crippen LogP contribution in [0.5, 0.6) is 0 Å². The number of imide groups is 1. The molecule has 1 aliphatic carbocycles. The molecule has 0 N–H and O–H groups in total. The third kappa shape index (κ3) is 3.27. The molecule has 0 bridgehead atoms. The van der Waals surface area contributed by atoms with Crippen LogP contribution < -0.4 is 4.90 Å². The summed E-state index contributed by atoms with van der Waals surface area (Å²) in [5.74, 6) is -0.833. The van der Waals surface area contributed by atoms with Crippen molar-refractivity contribution in [2.24, 2.45) is 11.8 Å². The summed E-state index contributed by atoms with van der Waals surface area (Å²) in [6.07, 6.45) is 5.29. The van der Waals surface area contributed by atoms with Gasteiger partial charge in [-0.2, -0.15) is 0 Å². The zero-order chi connectivity index (χ0) is 20.0. The van der Waals surface area contributed by atoms with Crippen molar-refractivity contribution in [3.8, 4) is 0 Å². The smallest absolute Gasteiger partial charge is 0.242 e. The predicted octanol–water partition coefficient (Wildman–Crippen LogP) is 1.52. The summed E-state index contributed by atoms with van der Waals surface area (Å²) in [6, 6.07) is 3.82. The van der Waals surface area contributed by atoms with Crippen molar-refractivity contribution in [3.05, 3.63) is 18.3 Å². The Morgan fingerprint density at radius 2 is 1.76 bits per heavy atom. The quantitative estimate of drug-likeness (QED) is 0.709. The molecule has 1 saturated carbocycles. The minimum Gasteiger partial charge on any atom is -0.344 e. The SMILES string of the molecule is O=C(CN1C(=O)C2CCCCC2C1=O)N1CCN(c2nc3cccnc3s2)CC1. The van der Waals surface area contributed by atoms with Gasteiger partial charge in [-0.05, 0) is 25.0 Å². The van der Waals surface area contributed by atoms with Crippen molar-refractivity contribution in [1.82, 2.24) is 19.8 Å². The number of piperazine rings is 1. The zero-order valence-corrected chi connectivity index (χ0v) is 16.9. The monoisotopic (exact) mass is 413 g/mol. The van der Waals surface area contributed by atoms with Gasteiger partial charge in [0.25, 0.3) is 0 Å². The van der Waals surface area contributed by atoms with E-state index in [0.29, 0.717) is 26.2 Å². The molecule has 4 heterocycles. The fourth-order valence-corrected chi connectivity index (χ4v) is 5.62. The van der Waals surface area contributed by atoms with Crippen molar-refractivity contribution in [3.63, 3.8) is 0 Å². The summed E-state index contributed by atoms with van der Waals surface area (Å²) >= 11 is 1.55. The molecule has 2 aromatic heterocycles. The van der Waals surface area contributed by atoms with Gasteiger partial charge in [-0.25, -0.2) is 9.97 Å². The highest BCUT2D eigenvalue weighted by Crippen LogP contribution is 2.38. The van der Waals surface area contributed by atoms with E-state index >= 15 is 0 Å². The molecule has 5 rings (SSSR count). The average molecular weight is 414 g/mol. The Balaban J connectivity index is 1.20. The topological polar surface area (TPSA) is 86.7 Å². The Kier molecular flexibility index (Phi) is 4.69. The maximum absolute atomic E-state index is 12.8. The molecule has 0 spiro atoms. The number of aromatic nitrogens is 2. The molecule has 3 aliphatic rings. The fourth-order valence-electron chi connectivity index (χ4n) is 4.66. The number of thiazole rings is 1. The lowest BCUT2D eigenvalue weighted by Crippen LogP contribution is -2.52. The third-order valence-corrected chi connectivity index (χ3v) is 7.32. The van der Waals surface area contributed by atoms with Crippen LogP contribution in [0, 0.1) is 11.8 Å². The van der Waals surface area contributed by atoms with Gasteiger partial charge < -0.3 is 9.80 Å². The van der Waals surface area contributed by atoms with E-state index in [1.165, 1.54) is 4.90 Å². The molecule has 3 amide bonds. The Labute approximate surface area is 172 Å². The lowest BCUT2D eigenvalue weighted by Gasteiger charge is -2.35. The van der Waals surface area contributed by atoms with Crippen molar-refractivity contribution in [1.29, 1.82) is 0 Å². The number of amides is 3. The summed E-state index contributed by atoms with van der Waals surface area (Å²) in [5.41, 5.74) is 0.888. The van der Waals surface area contributed by atoms with Gasteiger partial charge in [-0.1, -0.05) is 24.2 Å². The van der Waals surface area contributed by atoms with Gasteiger partial charge >= 0.3 is 0 Å². The third-order valence-electron chi connectivity index (χ3n) is 6.28. The van der Waals surface area contributed by atoms with Crippen LogP contribution in [0.15, 0.2) is 18.3 Å². The van der Waals surface area contributed by atoms with Crippen LogP contribution in [0.4, 0.5) is 5.13 Å². The summed E-state index contributed by atoms with van der Waals surface area (Å²) in [7, 11) is 0. The number of carbonyl (C=O) groups excluding carboxylic acids is 3. The average Bonchev–Trinajstić information content (AvgIpc) is 3.29. The normalized spacial score (nSPS) is 25.0. The Morgan fingerprint density at radius 3 is 2.41 bits per heavy atom. The van der Waals surface area contributed by atoms with Gasteiger partial charge in [0.05, 0.1) is 11.8 Å². The summed E-state index contributed by atoms with van der Waals surface area (Å²) in [5, 5.41) is 0.916. The van der Waals surface area contributed by atoms with Crippen LogP contribution in [-0.2, 0) is 14.4 Å². The molecule has 2 atom stereocenters. The minimum atomic E-state index is -0.200. The molecule has 29 heavy (non-hydrogen) atoms. The maximum Gasteiger partial charge on any atom is 0.242 e. The number of pyridine rings is 1. The number of hydrogen-bond donors (Lipinski definition) is 0. The van der Waals surface area contributed by atoms with Gasteiger partial charge in [-0.15, -0.1) is 0 Å². The van der Waals surface area contributed by atoms with E-state index in [-0.39, 0.29) is 36.1 Å². The highest BCUT2D eigenvalue weighted by Gasteiger charge is 2.48. The highest BCUT2D eigenvalue weighted by atomic mass is 32.1. The van der Waals surface area contributed by atoms with E-state index in [4.69, 9.17) is 0 Å².